The van der Waals surface area contributed by atoms with E-state index < -0.39 is 5.63 Å². The molecule has 1 heterocycles. The first-order valence-electron chi connectivity index (χ1n) is 7.02. The molecule has 3 rings (SSSR count). The van der Waals surface area contributed by atoms with Gasteiger partial charge in [0.2, 0.25) is 0 Å². The van der Waals surface area contributed by atoms with Crippen LogP contribution in [0.15, 0.2) is 63.8 Å². The first-order chi connectivity index (χ1) is 10.2. The van der Waals surface area contributed by atoms with E-state index in [4.69, 9.17) is 4.42 Å². The van der Waals surface area contributed by atoms with Gasteiger partial charge in [-0.05, 0) is 24.1 Å². The molecule has 0 bridgehead atoms. The molecule has 0 aliphatic carbocycles. The molecule has 3 heteroatoms. The van der Waals surface area contributed by atoms with Crippen molar-refractivity contribution in [3.05, 3.63) is 76.1 Å². The monoisotopic (exact) mass is 280 g/mol. The van der Waals surface area contributed by atoms with E-state index in [1.54, 1.807) is 18.2 Å². The van der Waals surface area contributed by atoms with Crippen molar-refractivity contribution in [1.82, 2.24) is 0 Å². The third-order valence-electron chi connectivity index (χ3n) is 3.78. The molecule has 106 valence electrons. The van der Waals surface area contributed by atoms with Gasteiger partial charge in [0.15, 0.2) is 0 Å². The van der Waals surface area contributed by atoms with Crippen LogP contribution in [-0.4, -0.2) is 5.11 Å². The van der Waals surface area contributed by atoms with Gasteiger partial charge in [-0.15, -0.1) is 0 Å². The molecule has 0 spiro atoms. The Balaban J connectivity index is 2.26. The zero-order valence-electron chi connectivity index (χ0n) is 11.7. The van der Waals surface area contributed by atoms with Gasteiger partial charge in [0.05, 0.1) is 10.9 Å². The summed E-state index contributed by atoms with van der Waals surface area (Å²) in [6.45, 7) is 1.99. The Hall–Kier alpha value is -2.55. The van der Waals surface area contributed by atoms with Crippen molar-refractivity contribution >= 4 is 11.0 Å². The highest BCUT2D eigenvalue weighted by Gasteiger charge is 2.22. The molecule has 0 amide bonds. The highest BCUT2D eigenvalue weighted by Crippen LogP contribution is 2.35. The molecule has 0 fully saturated rings. The lowest BCUT2D eigenvalue weighted by molar-refractivity contribution is 0.450. The standard InChI is InChI=1S/C18H16O3/c1-2-13(12-8-4-3-5-9-12)16-17(19)14-10-6-7-11-15(14)21-18(16)20/h3-11,13,19H,2H2,1H3/t13-/m0/s1. The number of hydrogen-bond donors (Lipinski definition) is 1. The van der Waals surface area contributed by atoms with Gasteiger partial charge < -0.3 is 9.52 Å². The summed E-state index contributed by atoms with van der Waals surface area (Å²) < 4.78 is 5.36. The minimum atomic E-state index is -0.470. The molecule has 1 aromatic heterocycles. The van der Waals surface area contributed by atoms with Gasteiger partial charge >= 0.3 is 5.63 Å². The normalized spacial score (nSPS) is 12.4. The summed E-state index contributed by atoms with van der Waals surface area (Å²) >= 11 is 0. The molecular formula is C18H16O3. The molecule has 1 atom stereocenters. The Morgan fingerprint density at radius 2 is 1.71 bits per heavy atom. The molecule has 0 aliphatic rings. The molecule has 21 heavy (non-hydrogen) atoms. The Bertz CT molecular complexity index is 819. The molecule has 0 aliphatic heterocycles. The number of rotatable bonds is 3. The van der Waals surface area contributed by atoms with Crippen LogP contribution in [0.4, 0.5) is 0 Å². The van der Waals surface area contributed by atoms with Gasteiger partial charge in [-0.25, -0.2) is 4.79 Å². The summed E-state index contributed by atoms with van der Waals surface area (Å²) in [5.74, 6) is -0.149. The van der Waals surface area contributed by atoms with Crippen LogP contribution in [0.25, 0.3) is 11.0 Å². The lowest BCUT2D eigenvalue weighted by Gasteiger charge is -2.16. The van der Waals surface area contributed by atoms with Crippen molar-refractivity contribution in [2.75, 3.05) is 0 Å². The summed E-state index contributed by atoms with van der Waals surface area (Å²) in [6.07, 6.45) is 0.709. The van der Waals surface area contributed by atoms with Crippen LogP contribution >= 0.6 is 0 Å². The second-order valence-corrected chi connectivity index (χ2v) is 5.02. The number of para-hydroxylation sites is 1. The maximum atomic E-state index is 12.3. The minimum absolute atomic E-state index is 0.0255. The second kappa shape index (κ2) is 5.44. The number of benzene rings is 2. The molecule has 0 radical (unpaired) electrons. The number of hydrogen-bond acceptors (Lipinski definition) is 3. The average Bonchev–Trinajstić information content (AvgIpc) is 2.52. The van der Waals surface area contributed by atoms with E-state index in [-0.39, 0.29) is 11.7 Å². The lowest BCUT2D eigenvalue weighted by atomic mass is 9.89. The fraction of sp³-hybridized carbons (Fsp3) is 0.167. The van der Waals surface area contributed by atoms with Crippen molar-refractivity contribution in [3.63, 3.8) is 0 Å². The van der Waals surface area contributed by atoms with Gasteiger partial charge in [-0.3, -0.25) is 0 Å². The van der Waals surface area contributed by atoms with Crippen LogP contribution in [-0.2, 0) is 0 Å². The predicted molar refractivity (Wildman–Crippen MR) is 82.7 cm³/mol. The van der Waals surface area contributed by atoms with Crippen LogP contribution in [0.1, 0.15) is 30.4 Å². The maximum Gasteiger partial charge on any atom is 0.343 e. The van der Waals surface area contributed by atoms with E-state index in [2.05, 4.69) is 0 Å². The second-order valence-electron chi connectivity index (χ2n) is 5.02. The van der Waals surface area contributed by atoms with Gasteiger partial charge in [0.25, 0.3) is 0 Å². The van der Waals surface area contributed by atoms with Gasteiger partial charge in [0, 0.05) is 5.92 Å². The summed E-state index contributed by atoms with van der Waals surface area (Å²) in [6, 6.07) is 16.7. The molecule has 1 N–H and O–H groups in total. The molecule has 0 saturated carbocycles. The van der Waals surface area contributed by atoms with E-state index in [1.807, 2.05) is 43.3 Å². The number of fused-ring (bicyclic) bond motifs is 1. The van der Waals surface area contributed by atoms with Crippen LogP contribution in [0, 0.1) is 0 Å². The Morgan fingerprint density at radius 3 is 2.43 bits per heavy atom. The van der Waals surface area contributed by atoms with E-state index in [0.717, 1.165) is 5.56 Å². The van der Waals surface area contributed by atoms with Crippen LogP contribution in [0.5, 0.6) is 5.75 Å². The van der Waals surface area contributed by atoms with Gasteiger partial charge in [-0.1, -0.05) is 49.4 Å². The first-order valence-corrected chi connectivity index (χ1v) is 7.02. The van der Waals surface area contributed by atoms with Gasteiger partial charge in [-0.2, -0.15) is 0 Å². The topological polar surface area (TPSA) is 50.4 Å². The van der Waals surface area contributed by atoms with E-state index in [0.29, 0.717) is 23.0 Å². The average molecular weight is 280 g/mol. The third kappa shape index (κ3) is 2.31. The minimum Gasteiger partial charge on any atom is -0.507 e. The lowest BCUT2D eigenvalue weighted by Crippen LogP contribution is -2.13. The van der Waals surface area contributed by atoms with Gasteiger partial charge in [0.1, 0.15) is 11.3 Å². The van der Waals surface area contributed by atoms with Crippen LogP contribution < -0.4 is 5.63 Å². The molecule has 3 aromatic rings. The Kier molecular flexibility index (Phi) is 3.48. The molecular weight excluding hydrogens is 264 g/mol. The molecule has 0 saturated heterocycles. The van der Waals surface area contributed by atoms with E-state index >= 15 is 0 Å². The van der Waals surface area contributed by atoms with Crippen molar-refractivity contribution in [1.29, 1.82) is 0 Å². The highest BCUT2D eigenvalue weighted by molar-refractivity contribution is 5.84. The molecule has 3 nitrogen and oxygen atoms in total. The highest BCUT2D eigenvalue weighted by atomic mass is 16.4. The van der Waals surface area contributed by atoms with E-state index in [1.165, 1.54) is 0 Å². The molecule has 2 aromatic carbocycles. The quantitative estimate of drug-likeness (QED) is 0.737. The SMILES string of the molecule is CC[C@@H](c1ccccc1)c1c(O)c2ccccc2oc1=O. The van der Waals surface area contributed by atoms with Crippen LogP contribution in [0.2, 0.25) is 0 Å². The predicted octanol–water partition coefficient (Wildman–Crippen LogP) is 4.04. The van der Waals surface area contributed by atoms with E-state index in [9.17, 15) is 9.90 Å². The third-order valence-corrected chi connectivity index (χ3v) is 3.78. The Morgan fingerprint density at radius 1 is 1.05 bits per heavy atom. The maximum absolute atomic E-state index is 12.3. The summed E-state index contributed by atoms with van der Waals surface area (Å²) in [7, 11) is 0. The summed E-state index contributed by atoms with van der Waals surface area (Å²) in [4.78, 5) is 12.3. The zero-order chi connectivity index (χ0) is 14.8. The summed E-state index contributed by atoms with van der Waals surface area (Å²) in [5, 5.41) is 11.1. The van der Waals surface area contributed by atoms with Crippen molar-refractivity contribution in [2.45, 2.75) is 19.3 Å². The largest absolute Gasteiger partial charge is 0.507 e. The van der Waals surface area contributed by atoms with Crippen LogP contribution in [0.3, 0.4) is 0 Å². The Labute approximate surface area is 122 Å². The number of aromatic hydroxyl groups is 1. The van der Waals surface area contributed by atoms with Crippen molar-refractivity contribution in [2.24, 2.45) is 0 Å². The fourth-order valence-corrected chi connectivity index (χ4v) is 2.75. The molecule has 0 unspecified atom stereocenters. The first kappa shape index (κ1) is 13.4. The smallest absolute Gasteiger partial charge is 0.343 e. The van der Waals surface area contributed by atoms with Crippen molar-refractivity contribution in [3.8, 4) is 5.75 Å². The summed E-state index contributed by atoms with van der Waals surface area (Å²) in [5.41, 5.74) is 1.27. The zero-order valence-corrected chi connectivity index (χ0v) is 11.7. The van der Waals surface area contributed by atoms with Crippen molar-refractivity contribution < 1.29 is 9.52 Å². The fourth-order valence-electron chi connectivity index (χ4n) is 2.75.